The van der Waals surface area contributed by atoms with Crippen LogP contribution in [0.5, 0.6) is 0 Å². The first kappa shape index (κ1) is 16.5. The molecule has 0 saturated carbocycles. The van der Waals surface area contributed by atoms with Gasteiger partial charge in [-0.05, 0) is 46.5 Å². The van der Waals surface area contributed by atoms with Crippen LogP contribution in [0.2, 0.25) is 0 Å². The average molecular weight is 321 g/mol. The molecule has 2 aliphatic heterocycles. The van der Waals surface area contributed by atoms with Gasteiger partial charge in [-0.1, -0.05) is 0 Å². The van der Waals surface area contributed by atoms with Gasteiger partial charge in [0.15, 0.2) is 0 Å². The number of hydrogen-bond acceptors (Lipinski definition) is 4. The van der Waals surface area contributed by atoms with Crippen molar-refractivity contribution in [1.82, 2.24) is 9.78 Å². The minimum atomic E-state index is -0.472. The highest BCUT2D eigenvalue weighted by Gasteiger charge is 2.35. The molecule has 23 heavy (non-hydrogen) atoms. The summed E-state index contributed by atoms with van der Waals surface area (Å²) in [6.45, 7) is 7.34. The Labute approximate surface area is 137 Å². The highest BCUT2D eigenvalue weighted by Crippen LogP contribution is 2.31. The summed E-state index contributed by atoms with van der Waals surface area (Å²) in [4.78, 5) is 14.7. The molecular weight excluding hydrogens is 294 g/mol. The fourth-order valence-corrected chi connectivity index (χ4v) is 3.55. The first-order valence-corrected chi connectivity index (χ1v) is 8.67. The highest BCUT2D eigenvalue weighted by atomic mass is 16.5. The van der Waals surface area contributed by atoms with Crippen LogP contribution in [0.1, 0.15) is 52.5 Å². The summed E-state index contributed by atoms with van der Waals surface area (Å²) < 4.78 is 13.4. The van der Waals surface area contributed by atoms with Crippen molar-refractivity contribution in [1.29, 1.82) is 0 Å². The zero-order chi connectivity index (χ0) is 16.4. The maximum absolute atomic E-state index is 12.9. The molecule has 6 nitrogen and oxygen atoms in total. The Hall–Kier alpha value is -1.40. The lowest BCUT2D eigenvalue weighted by molar-refractivity contribution is -0.133. The van der Waals surface area contributed by atoms with Crippen molar-refractivity contribution in [3.8, 4) is 0 Å². The van der Waals surface area contributed by atoms with Crippen LogP contribution in [0.4, 0.5) is 5.82 Å². The number of amides is 1. The smallest absolute Gasteiger partial charge is 0.257 e. The number of anilines is 1. The monoisotopic (exact) mass is 321 g/mol. The minimum absolute atomic E-state index is 0.00181. The maximum atomic E-state index is 12.9. The number of ether oxygens (including phenoxy) is 2. The van der Waals surface area contributed by atoms with Crippen LogP contribution in [0, 0.1) is 0 Å². The van der Waals surface area contributed by atoms with Crippen LogP contribution in [-0.2, 0) is 14.3 Å². The van der Waals surface area contributed by atoms with E-state index in [1.165, 1.54) is 6.42 Å². The SMILES string of the molecule is C[C@H](OC[C@@H]1CCCCO1)C(=O)N1c2ccnn2[C@@H](C)C[C@H]1C. The highest BCUT2D eigenvalue weighted by molar-refractivity contribution is 5.96. The molecule has 1 fully saturated rings. The zero-order valence-electron chi connectivity index (χ0n) is 14.3. The van der Waals surface area contributed by atoms with Crippen LogP contribution in [0.25, 0.3) is 0 Å². The topological polar surface area (TPSA) is 56.6 Å². The first-order chi connectivity index (χ1) is 11.1. The molecule has 128 valence electrons. The van der Waals surface area contributed by atoms with Gasteiger partial charge in [0.2, 0.25) is 0 Å². The lowest BCUT2D eigenvalue weighted by Gasteiger charge is -2.38. The molecule has 1 saturated heterocycles. The van der Waals surface area contributed by atoms with Crippen molar-refractivity contribution >= 4 is 11.7 Å². The van der Waals surface area contributed by atoms with E-state index in [0.29, 0.717) is 12.6 Å². The van der Waals surface area contributed by atoms with Gasteiger partial charge in [-0.15, -0.1) is 0 Å². The molecule has 0 bridgehead atoms. The third-order valence-electron chi connectivity index (χ3n) is 4.83. The summed E-state index contributed by atoms with van der Waals surface area (Å²) in [5.41, 5.74) is 0. The molecular formula is C17H27N3O3. The normalized spacial score (nSPS) is 29.2. The molecule has 3 heterocycles. The molecule has 2 aliphatic rings. The molecule has 4 atom stereocenters. The predicted octanol–water partition coefficient (Wildman–Crippen LogP) is 2.54. The Morgan fingerprint density at radius 1 is 1.43 bits per heavy atom. The van der Waals surface area contributed by atoms with Crippen molar-refractivity contribution in [3.63, 3.8) is 0 Å². The second kappa shape index (κ2) is 7.01. The number of carbonyl (C=O) groups excluding carboxylic acids is 1. The van der Waals surface area contributed by atoms with E-state index in [1.54, 1.807) is 6.20 Å². The quantitative estimate of drug-likeness (QED) is 0.855. The van der Waals surface area contributed by atoms with E-state index in [2.05, 4.69) is 18.9 Å². The third-order valence-corrected chi connectivity index (χ3v) is 4.83. The number of fused-ring (bicyclic) bond motifs is 1. The Balaban J connectivity index is 1.63. The largest absolute Gasteiger partial charge is 0.376 e. The molecule has 3 rings (SSSR count). The average Bonchev–Trinajstić information content (AvgIpc) is 3.03. The summed E-state index contributed by atoms with van der Waals surface area (Å²) in [5, 5.41) is 4.35. The van der Waals surface area contributed by atoms with Crippen LogP contribution in [-0.4, -0.2) is 47.2 Å². The van der Waals surface area contributed by atoms with Gasteiger partial charge in [-0.25, -0.2) is 4.68 Å². The van der Waals surface area contributed by atoms with Gasteiger partial charge in [0.05, 0.1) is 24.9 Å². The van der Waals surface area contributed by atoms with Gasteiger partial charge in [0.25, 0.3) is 5.91 Å². The van der Waals surface area contributed by atoms with Gasteiger partial charge in [-0.3, -0.25) is 9.69 Å². The molecule has 0 N–H and O–H groups in total. The third kappa shape index (κ3) is 3.43. The molecule has 6 heteroatoms. The molecule has 1 aromatic rings. The predicted molar refractivity (Wildman–Crippen MR) is 87.5 cm³/mol. The second-order valence-electron chi connectivity index (χ2n) is 6.74. The molecule has 0 spiro atoms. The lowest BCUT2D eigenvalue weighted by Crippen LogP contribution is -2.49. The van der Waals surface area contributed by atoms with Crippen LogP contribution >= 0.6 is 0 Å². The fourth-order valence-electron chi connectivity index (χ4n) is 3.55. The van der Waals surface area contributed by atoms with E-state index in [4.69, 9.17) is 9.47 Å². The summed E-state index contributed by atoms with van der Waals surface area (Å²) in [7, 11) is 0. The summed E-state index contributed by atoms with van der Waals surface area (Å²) in [6.07, 6.45) is 5.63. The Kier molecular flexibility index (Phi) is 5.02. The summed E-state index contributed by atoms with van der Waals surface area (Å²) in [6, 6.07) is 2.37. The molecule has 0 aliphatic carbocycles. The van der Waals surface area contributed by atoms with Crippen molar-refractivity contribution < 1.29 is 14.3 Å². The number of rotatable bonds is 4. The number of aromatic nitrogens is 2. The standard InChI is InChI=1S/C17H27N3O3/c1-12-10-13(2)20-16(7-8-18-20)19(12)17(21)14(3)23-11-15-6-4-5-9-22-15/h7-8,12-15H,4-6,9-11H2,1-3H3/t12-,13+,14+,15+/m1/s1. The van der Waals surface area contributed by atoms with Crippen molar-refractivity contribution in [3.05, 3.63) is 12.3 Å². The van der Waals surface area contributed by atoms with Crippen molar-refractivity contribution in [2.24, 2.45) is 0 Å². The van der Waals surface area contributed by atoms with Crippen molar-refractivity contribution in [2.75, 3.05) is 18.1 Å². The molecule has 0 aromatic carbocycles. The zero-order valence-corrected chi connectivity index (χ0v) is 14.3. The maximum Gasteiger partial charge on any atom is 0.257 e. The van der Waals surface area contributed by atoms with Gasteiger partial charge in [-0.2, -0.15) is 5.10 Å². The van der Waals surface area contributed by atoms with Crippen LogP contribution in [0.15, 0.2) is 12.3 Å². The summed E-state index contributed by atoms with van der Waals surface area (Å²) in [5.74, 6) is 0.868. The molecule has 1 aromatic heterocycles. The van der Waals surface area contributed by atoms with E-state index in [0.717, 1.165) is 31.7 Å². The number of nitrogens with zero attached hydrogens (tertiary/aromatic N) is 3. The van der Waals surface area contributed by atoms with Gasteiger partial charge in [0, 0.05) is 18.7 Å². The number of carbonyl (C=O) groups is 1. The van der Waals surface area contributed by atoms with E-state index >= 15 is 0 Å². The first-order valence-electron chi connectivity index (χ1n) is 8.67. The number of hydrogen-bond donors (Lipinski definition) is 0. The van der Waals surface area contributed by atoms with Gasteiger partial charge < -0.3 is 9.47 Å². The van der Waals surface area contributed by atoms with Gasteiger partial charge >= 0.3 is 0 Å². The van der Waals surface area contributed by atoms with Crippen LogP contribution in [0.3, 0.4) is 0 Å². The van der Waals surface area contributed by atoms with E-state index in [9.17, 15) is 4.79 Å². The van der Waals surface area contributed by atoms with Gasteiger partial charge in [0.1, 0.15) is 11.9 Å². The van der Waals surface area contributed by atoms with Crippen LogP contribution < -0.4 is 4.90 Å². The molecule has 0 unspecified atom stereocenters. The van der Waals surface area contributed by atoms with E-state index in [-0.39, 0.29) is 18.1 Å². The molecule has 0 radical (unpaired) electrons. The summed E-state index contributed by atoms with van der Waals surface area (Å²) >= 11 is 0. The van der Waals surface area contributed by atoms with Crippen molar-refractivity contribution in [2.45, 2.75) is 70.7 Å². The Morgan fingerprint density at radius 2 is 2.26 bits per heavy atom. The minimum Gasteiger partial charge on any atom is -0.376 e. The lowest BCUT2D eigenvalue weighted by atomic mass is 10.0. The Morgan fingerprint density at radius 3 is 3.00 bits per heavy atom. The van der Waals surface area contributed by atoms with E-state index < -0.39 is 6.10 Å². The second-order valence-corrected chi connectivity index (χ2v) is 6.74. The van der Waals surface area contributed by atoms with E-state index in [1.807, 2.05) is 22.6 Å². The fraction of sp³-hybridized carbons (Fsp3) is 0.765. The Bertz CT molecular complexity index is 539. The molecule has 1 amide bonds.